The van der Waals surface area contributed by atoms with Gasteiger partial charge in [0.25, 0.3) is 0 Å². The molecule has 0 saturated heterocycles. The third-order valence-corrected chi connectivity index (χ3v) is 5.25. The van der Waals surface area contributed by atoms with Crippen molar-refractivity contribution in [1.82, 2.24) is 0 Å². The van der Waals surface area contributed by atoms with E-state index in [-0.39, 0.29) is 11.5 Å². The maximum absolute atomic E-state index is 13.0. The van der Waals surface area contributed by atoms with Crippen LogP contribution in [0.3, 0.4) is 0 Å². The van der Waals surface area contributed by atoms with E-state index in [1.54, 1.807) is 51.7 Å². The molecule has 6 nitrogen and oxygen atoms in total. The minimum atomic E-state index is -0.182. The Hall–Kier alpha value is -3.93. The van der Waals surface area contributed by atoms with Crippen molar-refractivity contribution in [2.24, 2.45) is 0 Å². The molecule has 0 spiro atoms. The maximum atomic E-state index is 13.0. The van der Waals surface area contributed by atoms with Gasteiger partial charge in [-0.15, -0.1) is 0 Å². The van der Waals surface area contributed by atoms with E-state index in [9.17, 15) is 4.79 Å². The number of hydrogen-bond acceptors (Lipinski definition) is 6. The van der Waals surface area contributed by atoms with Crippen molar-refractivity contribution < 1.29 is 28.5 Å². The van der Waals surface area contributed by atoms with Crippen molar-refractivity contribution in [3.63, 3.8) is 0 Å². The van der Waals surface area contributed by atoms with E-state index in [0.717, 1.165) is 16.9 Å². The Bertz CT molecular complexity index is 1190. The summed E-state index contributed by atoms with van der Waals surface area (Å²) in [5.41, 5.74) is 2.93. The molecule has 3 aromatic carbocycles. The maximum Gasteiger partial charge on any atom is 0.232 e. The molecule has 4 rings (SSSR count). The molecule has 0 saturated carbocycles. The van der Waals surface area contributed by atoms with Crippen molar-refractivity contribution in [2.45, 2.75) is 13.5 Å². The van der Waals surface area contributed by atoms with Gasteiger partial charge in [0.05, 0.1) is 26.9 Å². The molecular weight excluding hydrogens is 408 g/mol. The monoisotopic (exact) mass is 432 g/mol. The third kappa shape index (κ3) is 4.12. The van der Waals surface area contributed by atoms with Gasteiger partial charge in [-0.1, -0.05) is 18.2 Å². The van der Waals surface area contributed by atoms with Gasteiger partial charge >= 0.3 is 0 Å². The number of benzene rings is 3. The van der Waals surface area contributed by atoms with Crippen LogP contribution in [0.2, 0.25) is 0 Å². The Balaban J connectivity index is 1.60. The zero-order chi connectivity index (χ0) is 22.7. The smallest absolute Gasteiger partial charge is 0.232 e. The molecule has 6 heteroatoms. The first-order valence-corrected chi connectivity index (χ1v) is 10.1. The highest BCUT2D eigenvalue weighted by Crippen LogP contribution is 2.39. The molecule has 1 aliphatic rings. The number of fused-ring (bicyclic) bond motifs is 1. The predicted molar refractivity (Wildman–Crippen MR) is 121 cm³/mol. The summed E-state index contributed by atoms with van der Waals surface area (Å²) in [7, 11) is 4.79. The van der Waals surface area contributed by atoms with Gasteiger partial charge in [-0.05, 0) is 48.9 Å². The van der Waals surface area contributed by atoms with Crippen molar-refractivity contribution in [3.05, 3.63) is 82.6 Å². The number of ketones is 1. The summed E-state index contributed by atoms with van der Waals surface area (Å²) >= 11 is 0. The summed E-state index contributed by atoms with van der Waals surface area (Å²) in [6.07, 6.45) is 1.67. The molecule has 0 bridgehead atoms. The Kier molecular flexibility index (Phi) is 6.03. The lowest BCUT2D eigenvalue weighted by Crippen LogP contribution is -2.01. The summed E-state index contributed by atoms with van der Waals surface area (Å²) in [6, 6.07) is 16.6. The molecule has 0 radical (unpaired) electrons. The Labute approximate surface area is 186 Å². The molecule has 1 aliphatic heterocycles. The number of hydrogen-bond donors (Lipinski definition) is 0. The highest BCUT2D eigenvalue weighted by Gasteiger charge is 2.30. The third-order valence-electron chi connectivity index (χ3n) is 5.25. The van der Waals surface area contributed by atoms with Gasteiger partial charge in [-0.3, -0.25) is 4.79 Å². The number of allylic oxidation sites excluding steroid dienone is 1. The molecule has 1 heterocycles. The van der Waals surface area contributed by atoms with E-state index < -0.39 is 0 Å². The number of aryl methyl sites for hydroxylation is 1. The second-order valence-electron chi connectivity index (χ2n) is 7.26. The molecule has 0 aliphatic carbocycles. The number of carbonyl (C=O) groups excluding carboxylic acids is 1. The minimum Gasteiger partial charge on any atom is -0.497 e. The highest BCUT2D eigenvalue weighted by atomic mass is 16.5. The Morgan fingerprint density at radius 2 is 1.66 bits per heavy atom. The molecule has 164 valence electrons. The lowest BCUT2D eigenvalue weighted by atomic mass is 10.0. The zero-order valence-electron chi connectivity index (χ0n) is 18.4. The molecule has 0 unspecified atom stereocenters. The minimum absolute atomic E-state index is 0.182. The largest absolute Gasteiger partial charge is 0.497 e. The fraction of sp³-hybridized carbons (Fsp3) is 0.192. The number of Topliss-reactive ketones (excluding diaryl/α,β-unsaturated/α-hetero) is 1. The van der Waals surface area contributed by atoms with Crippen molar-refractivity contribution in [2.75, 3.05) is 21.3 Å². The van der Waals surface area contributed by atoms with E-state index in [2.05, 4.69) is 0 Å². The number of ether oxygens (including phenoxy) is 5. The summed E-state index contributed by atoms with van der Waals surface area (Å²) in [4.78, 5) is 13.0. The fourth-order valence-electron chi connectivity index (χ4n) is 3.64. The first-order valence-electron chi connectivity index (χ1n) is 10.1. The van der Waals surface area contributed by atoms with Gasteiger partial charge in [0.15, 0.2) is 5.76 Å². The standard InChI is InChI=1S/C26H24O6/c1-16-11-20(31-15-17-7-5-6-8-21(17)29-3)14-23-25(16)26(27)24(32-23)13-18-12-19(28-2)9-10-22(18)30-4/h5-14H,15H2,1-4H3/b24-13-. The molecule has 0 fully saturated rings. The van der Waals surface area contributed by atoms with Gasteiger partial charge < -0.3 is 23.7 Å². The van der Waals surface area contributed by atoms with Gasteiger partial charge in [-0.2, -0.15) is 0 Å². The van der Waals surface area contributed by atoms with Crippen LogP contribution in [0.25, 0.3) is 6.08 Å². The first-order chi connectivity index (χ1) is 15.5. The van der Waals surface area contributed by atoms with Crippen LogP contribution < -0.4 is 23.7 Å². The average molecular weight is 432 g/mol. The molecule has 32 heavy (non-hydrogen) atoms. The van der Waals surface area contributed by atoms with Crippen LogP contribution in [0.1, 0.15) is 27.0 Å². The molecule has 3 aromatic rings. The fourth-order valence-corrected chi connectivity index (χ4v) is 3.64. The van der Waals surface area contributed by atoms with Gasteiger partial charge in [0.2, 0.25) is 5.78 Å². The van der Waals surface area contributed by atoms with E-state index in [1.807, 2.05) is 37.3 Å². The SMILES string of the molecule is COc1ccc(OC)c(/C=C2\Oc3cc(OCc4ccccc4OC)cc(C)c3C2=O)c1. The second-order valence-corrected chi connectivity index (χ2v) is 7.26. The number of carbonyl (C=O) groups is 1. The molecule has 0 aromatic heterocycles. The van der Waals surface area contributed by atoms with Crippen molar-refractivity contribution in [3.8, 4) is 28.7 Å². The molecule has 0 N–H and O–H groups in total. The number of methoxy groups -OCH3 is 3. The molecular formula is C26H24O6. The van der Waals surface area contributed by atoms with E-state index in [1.165, 1.54) is 0 Å². The topological polar surface area (TPSA) is 63.2 Å². The normalized spacial score (nSPS) is 13.5. The van der Waals surface area contributed by atoms with E-state index in [0.29, 0.717) is 40.7 Å². The summed E-state index contributed by atoms with van der Waals surface area (Å²) in [5, 5.41) is 0. The van der Waals surface area contributed by atoms with Crippen LogP contribution in [0.15, 0.2) is 60.4 Å². The quantitative estimate of drug-likeness (QED) is 0.477. The van der Waals surface area contributed by atoms with Crippen molar-refractivity contribution in [1.29, 1.82) is 0 Å². The number of para-hydroxylation sites is 1. The lowest BCUT2D eigenvalue weighted by Gasteiger charge is -2.11. The van der Waals surface area contributed by atoms with E-state index in [4.69, 9.17) is 23.7 Å². The second kappa shape index (κ2) is 9.06. The van der Waals surface area contributed by atoms with Gasteiger partial charge in [0, 0.05) is 17.2 Å². The zero-order valence-corrected chi connectivity index (χ0v) is 18.4. The van der Waals surface area contributed by atoms with Crippen LogP contribution >= 0.6 is 0 Å². The van der Waals surface area contributed by atoms with Crippen LogP contribution in [-0.4, -0.2) is 27.1 Å². The van der Waals surface area contributed by atoms with Crippen LogP contribution in [-0.2, 0) is 6.61 Å². The molecule has 0 atom stereocenters. The highest BCUT2D eigenvalue weighted by molar-refractivity contribution is 6.15. The Morgan fingerprint density at radius 3 is 2.41 bits per heavy atom. The summed E-state index contributed by atoms with van der Waals surface area (Å²) in [5.74, 6) is 3.15. The molecule has 0 amide bonds. The van der Waals surface area contributed by atoms with E-state index >= 15 is 0 Å². The van der Waals surface area contributed by atoms with Crippen LogP contribution in [0.4, 0.5) is 0 Å². The van der Waals surface area contributed by atoms with Gasteiger partial charge in [-0.25, -0.2) is 0 Å². The van der Waals surface area contributed by atoms with Crippen molar-refractivity contribution >= 4 is 11.9 Å². The average Bonchev–Trinajstić information content (AvgIpc) is 3.13. The Morgan fingerprint density at radius 1 is 0.875 bits per heavy atom. The number of rotatable bonds is 7. The predicted octanol–water partition coefficient (Wildman–Crippen LogP) is 5.22. The van der Waals surface area contributed by atoms with Crippen LogP contribution in [0.5, 0.6) is 28.7 Å². The van der Waals surface area contributed by atoms with Crippen LogP contribution in [0, 0.1) is 6.92 Å². The summed E-state index contributed by atoms with van der Waals surface area (Å²) in [6.45, 7) is 2.20. The lowest BCUT2D eigenvalue weighted by molar-refractivity contribution is 0.101. The van der Waals surface area contributed by atoms with Gasteiger partial charge in [0.1, 0.15) is 35.4 Å². The first kappa shape index (κ1) is 21.3. The summed E-state index contributed by atoms with van der Waals surface area (Å²) < 4.78 is 28.0.